The van der Waals surface area contributed by atoms with Crippen molar-refractivity contribution >= 4 is 17.3 Å². The second kappa shape index (κ2) is 4.44. The van der Waals surface area contributed by atoms with Crippen molar-refractivity contribution in [1.82, 2.24) is 10.2 Å². The molecule has 84 valence electrons. The summed E-state index contributed by atoms with van der Waals surface area (Å²) in [6.45, 7) is 3.99. The smallest absolute Gasteiger partial charge is 0.396 e. The number of hydrogen-bond acceptors (Lipinski definition) is 6. The van der Waals surface area contributed by atoms with Crippen LogP contribution in [0.1, 0.15) is 22.5 Å². The Morgan fingerprint density at radius 3 is 2.94 bits per heavy atom. The standard InChI is InChI=1S/C10H10N2O3S/c1-3-14-10(13)9-12-11-8(15-9)7-5-4-6(2)16-7/h4-5H,3H2,1-2H3. The Balaban J connectivity index is 2.22. The van der Waals surface area contributed by atoms with Crippen LogP contribution in [0, 0.1) is 6.92 Å². The summed E-state index contributed by atoms with van der Waals surface area (Å²) in [6, 6.07) is 3.83. The van der Waals surface area contributed by atoms with Gasteiger partial charge in [-0.05, 0) is 26.0 Å². The van der Waals surface area contributed by atoms with Crippen LogP contribution in [0.25, 0.3) is 10.8 Å². The predicted octanol–water partition coefficient (Wildman–Crippen LogP) is 2.28. The van der Waals surface area contributed by atoms with Gasteiger partial charge in [0.2, 0.25) is 0 Å². The zero-order valence-electron chi connectivity index (χ0n) is 8.89. The first-order chi connectivity index (χ1) is 7.70. The van der Waals surface area contributed by atoms with E-state index < -0.39 is 5.97 Å². The fourth-order valence-corrected chi connectivity index (χ4v) is 1.94. The van der Waals surface area contributed by atoms with Crippen LogP contribution in [0.4, 0.5) is 0 Å². The second-order valence-electron chi connectivity index (χ2n) is 3.04. The van der Waals surface area contributed by atoms with E-state index in [4.69, 9.17) is 9.15 Å². The number of rotatable bonds is 3. The molecule has 0 spiro atoms. The molecular formula is C10H10N2O3S. The van der Waals surface area contributed by atoms with E-state index in [2.05, 4.69) is 10.2 Å². The first-order valence-electron chi connectivity index (χ1n) is 4.78. The largest absolute Gasteiger partial charge is 0.459 e. The van der Waals surface area contributed by atoms with E-state index in [0.29, 0.717) is 5.89 Å². The first-order valence-corrected chi connectivity index (χ1v) is 5.59. The van der Waals surface area contributed by atoms with Gasteiger partial charge in [-0.2, -0.15) is 0 Å². The summed E-state index contributed by atoms with van der Waals surface area (Å²) in [6.07, 6.45) is 0. The van der Waals surface area contributed by atoms with Gasteiger partial charge < -0.3 is 9.15 Å². The van der Waals surface area contributed by atoms with Gasteiger partial charge in [0.05, 0.1) is 11.5 Å². The van der Waals surface area contributed by atoms with Crippen molar-refractivity contribution < 1.29 is 13.9 Å². The van der Waals surface area contributed by atoms with Gasteiger partial charge >= 0.3 is 11.9 Å². The molecule has 0 saturated carbocycles. The number of carbonyl (C=O) groups is 1. The third-order valence-electron chi connectivity index (χ3n) is 1.83. The molecule has 2 aromatic rings. The molecule has 0 fully saturated rings. The molecule has 0 unspecified atom stereocenters. The number of nitrogens with zero attached hydrogens (tertiary/aromatic N) is 2. The highest BCUT2D eigenvalue weighted by atomic mass is 32.1. The Labute approximate surface area is 96.1 Å². The zero-order valence-corrected chi connectivity index (χ0v) is 9.71. The van der Waals surface area contributed by atoms with Gasteiger partial charge in [-0.15, -0.1) is 21.5 Å². The van der Waals surface area contributed by atoms with Crippen LogP contribution in [-0.2, 0) is 4.74 Å². The van der Waals surface area contributed by atoms with Crippen LogP contribution in [0.2, 0.25) is 0 Å². The van der Waals surface area contributed by atoms with Crippen LogP contribution in [0.15, 0.2) is 16.5 Å². The summed E-state index contributed by atoms with van der Waals surface area (Å²) in [4.78, 5) is 13.3. The zero-order chi connectivity index (χ0) is 11.5. The van der Waals surface area contributed by atoms with Gasteiger partial charge in [0, 0.05) is 4.88 Å². The van der Waals surface area contributed by atoms with Gasteiger partial charge in [-0.1, -0.05) is 0 Å². The molecular weight excluding hydrogens is 228 g/mol. The van der Waals surface area contributed by atoms with E-state index >= 15 is 0 Å². The molecule has 0 radical (unpaired) electrons. The van der Waals surface area contributed by atoms with Gasteiger partial charge in [0.1, 0.15) is 0 Å². The summed E-state index contributed by atoms with van der Waals surface area (Å²) < 4.78 is 9.96. The summed E-state index contributed by atoms with van der Waals surface area (Å²) in [5.41, 5.74) is 0. The van der Waals surface area contributed by atoms with Gasteiger partial charge in [-0.3, -0.25) is 0 Å². The molecule has 0 bridgehead atoms. The molecule has 0 aliphatic carbocycles. The second-order valence-corrected chi connectivity index (χ2v) is 4.33. The lowest BCUT2D eigenvalue weighted by atomic mass is 10.4. The van der Waals surface area contributed by atoms with E-state index in [9.17, 15) is 4.79 Å². The van der Waals surface area contributed by atoms with E-state index in [0.717, 1.165) is 9.75 Å². The minimum Gasteiger partial charge on any atom is -0.459 e. The molecule has 6 heteroatoms. The summed E-state index contributed by atoms with van der Waals surface area (Å²) in [5, 5.41) is 7.43. The maximum atomic E-state index is 11.3. The van der Waals surface area contributed by atoms with Crippen LogP contribution in [0.3, 0.4) is 0 Å². The van der Waals surface area contributed by atoms with Crippen LogP contribution >= 0.6 is 11.3 Å². The van der Waals surface area contributed by atoms with Crippen molar-refractivity contribution in [1.29, 1.82) is 0 Å². The Morgan fingerprint density at radius 1 is 1.50 bits per heavy atom. The first kappa shape index (κ1) is 10.8. The van der Waals surface area contributed by atoms with Gasteiger partial charge in [0.15, 0.2) is 0 Å². The molecule has 0 aliphatic heterocycles. The molecule has 0 aromatic carbocycles. The Hall–Kier alpha value is -1.69. The SMILES string of the molecule is CCOC(=O)c1nnc(-c2ccc(C)s2)o1. The normalized spacial score (nSPS) is 10.4. The summed E-state index contributed by atoms with van der Waals surface area (Å²) in [5.74, 6) is -0.349. The van der Waals surface area contributed by atoms with Crippen molar-refractivity contribution in [3.8, 4) is 10.8 Å². The average Bonchev–Trinajstić information content (AvgIpc) is 2.85. The topological polar surface area (TPSA) is 65.2 Å². The fraction of sp³-hybridized carbons (Fsp3) is 0.300. The Kier molecular flexibility index (Phi) is 3.00. The predicted molar refractivity (Wildman–Crippen MR) is 58.3 cm³/mol. The number of thiophene rings is 1. The van der Waals surface area contributed by atoms with E-state index in [-0.39, 0.29) is 12.5 Å². The van der Waals surface area contributed by atoms with Crippen molar-refractivity contribution in [2.24, 2.45) is 0 Å². The maximum Gasteiger partial charge on any atom is 0.396 e. The van der Waals surface area contributed by atoms with Crippen molar-refractivity contribution in [3.63, 3.8) is 0 Å². The molecule has 2 heterocycles. The maximum absolute atomic E-state index is 11.3. The van der Waals surface area contributed by atoms with E-state index in [1.54, 1.807) is 6.92 Å². The number of esters is 1. The Bertz CT molecular complexity index is 504. The number of carbonyl (C=O) groups excluding carboxylic acids is 1. The van der Waals surface area contributed by atoms with Crippen molar-refractivity contribution in [2.75, 3.05) is 6.61 Å². The minimum absolute atomic E-state index is 0.108. The van der Waals surface area contributed by atoms with Crippen LogP contribution in [-0.4, -0.2) is 22.8 Å². The highest BCUT2D eigenvalue weighted by Gasteiger charge is 2.17. The highest BCUT2D eigenvalue weighted by molar-refractivity contribution is 7.15. The third-order valence-corrected chi connectivity index (χ3v) is 2.81. The van der Waals surface area contributed by atoms with Crippen LogP contribution < -0.4 is 0 Å². The van der Waals surface area contributed by atoms with E-state index in [1.807, 2.05) is 19.1 Å². The fourth-order valence-electron chi connectivity index (χ4n) is 1.15. The number of hydrogen-bond donors (Lipinski definition) is 0. The average molecular weight is 238 g/mol. The lowest BCUT2D eigenvalue weighted by molar-refractivity contribution is 0.0481. The molecule has 0 atom stereocenters. The molecule has 0 N–H and O–H groups in total. The molecule has 16 heavy (non-hydrogen) atoms. The van der Waals surface area contributed by atoms with Gasteiger partial charge in [-0.25, -0.2) is 4.79 Å². The molecule has 0 amide bonds. The molecule has 0 saturated heterocycles. The van der Waals surface area contributed by atoms with E-state index in [1.165, 1.54) is 11.3 Å². The van der Waals surface area contributed by atoms with Crippen LogP contribution in [0.5, 0.6) is 0 Å². The molecule has 0 aliphatic rings. The lowest BCUT2D eigenvalue weighted by Gasteiger charge is -1.93. The number of ether oxygens (including phenoxy) is 1. The lowest BCUT2D eigenvalue weighted by Crippen LogP contribution is -2.04. The quantitative estimate of drug-likeness (QED) is 0.767. The van der Waals surface area contributed by atoms with Crippen molar-refractivity contribution in [3.05, 3.63) is 22.9 Å². The number of aryl methyl sites for hydroxylation is 1. The summed E-state index contributed by atoms with van der Waals surface area (Å²) in [7, 11) is 0. The van der Waals surface area contributed by atoms with Crippen molar-refractivity contribution in [2.45, 2.75) is 13.8 Å². The Morgan fingerprint density at radius 2 is 2.31 bits per heavy atom. The molecule has 2 rings (SSSR count). The monoisotopic (exact) mass is 238 g/mol. The molecule has 5 nitrogen and oxygen atoms in total. The number of aromatic nitrogens is 2. The van der Waals surface area contributed by atoms with Gasteiger partial charge in [0.25, 0.3) is 5.89 Å². The molecule has 2 aromatic heterocycles. The summed E-state index contributed by atoms with van der Waals surface area (Å²) >= 11 is 1.53. The highest BCUT2D eigenvalue weighted by Crippen LogP contribution is 2.26. The minimum atomic E-state index is -0.588. The third kappa shape index (κ3) is 2.11.